The number of carbonyl (C=O) groups is 1. The number of hydrogen-bond acceptors (Lipinski definition) is 4. The zero-order valence-electron chi connectivity index (χ0n) is 13.8. The molecule has 1 aliphatic heterocycles. The van der Waals surface area contributed by atoms with Crippen LogP contribution >= 0.6 is 0 Å². The van der Waals surface area contributed by atoms with Crippen LogP contribution in [0.15, 0.2) is 47.1 Å². The van der Waals surface area contributed by atoms with E-state index in [1.807, 2.05) is 0 Å². The van der Waals surface area contributed by atoms with Crippen molar-refractivity contribution in [1.82, 2.24) is 9.80 Å². The Bertz CT molecular complexity index is 708. The molecule has 0 saturated carbocycles. The highest BCUT2D eigenvalue weighted by Crippen LogP contribution is 2.14. The van der Waals surface area contributed by atoms with E-state index in [-0.39, 0.29) is 11.9 Å². The van der Waals surface area contributed by atoms with E-state index in [0.29, 0.717) is 38.4 Å². The highest BCUT2D eigenvalue weighted by molar-refractivity contribution is 5.91. The number of carbonyl (C=O) groups excluding carboxylic acids is 1. The van der Waals surface area contributed by atoms with Gasteiger partial charge in [0.15, 0.2) is 5.76 Å². The van der Waals surface area contributed by atoms with Gasteiger partial charge in [-0.2, -0.15) is 5.26 Å². The maximum Gasteiger partial charge on any atom is 0.289 e. The number of furan rings is 1. The molecule has 0 radical (unpaired) electrons. The topological polar surface area (TPSA) is 60.5 Å². The quantitative estimate of drug-likeness (QED) is 0.867. The summed E-state index contributed by atoms with van der Waals surface area (Å²) in [5.74, 6) is 0.298. The smallest absolute Gasteiger partial charge is 0.289 e. The summed E-state index contributed by atoms with van der Waals surface area (Å²) in [4.78, 5) is 16.2. The lowest BCUT2D eigenvalue weighted by atomic mass is 10.0. The molecule has 2 heterocycles. The Balaban J connectivity index is 1.57. The maximum absolute atomic E-state index is 12.3. The van der Waals surface area contributed by atoms with Crippen LogP contribution in [0.25, 0.3) is 0 Å². The van der Waals surface area contributed by atoms with E-state index in [1.54, 1.807) is 17.0 Å². The number of amides is 1. The third kappa shape index (κ3) is 3.66. The van der Waals surface area contributed by atoms with Gasteiger partial charge < -0.3 is 9.32 Å². The van der Waals surface area contributed by atoms with Gasteiger partial charge in [-0.25, -0.2) is 0 Å². The van der Waals surface area contributed by atoms with Crippen molar-refractivity contribution in [3.63, 3.8) is 0 Å². The molecule has 1 aromatic carbocycles. The Morgan fingerprint density at radius 1 is 1.21 bits per heavy atom. The highest BCUT2D eigenvalue weighted by atomic mass is 16.3. The summed E-state index contributed by atoms with van der Waals surface area (Å²) < 4.78 is 5.18. The third-order valence-corrected chi connectivity index (χ3v) is 4.47. The Hall–Kier alpha value is -2.58. The number of nitrogens with zero attached hydrogens (tertiary/aromatic N) is 3. The van der Waals surface area contributed by atoms with Gasteiger partial charge in [0.2, 0.25) is 0 Å². The van der Waals surface area contributed by atoms with Crippen LogP contribution in [0.1, 0.15) is 21.7 Å². The predicted octanol–water partition coefficient (Wildman–Crippen LogP) is 2.48. The molecule has 3 rings (SSSR count). The number of rotatable bonds is 4. The number of aryl methyl sites for hydroxylation is 1. The van der Waals surface area contributed by atoms with Crippen LogP contribution < -0.4 is 0 Å². The van der Waals surface area contributed by atoms with Crippen LogP contribution in [0.2, 0.25) is 0 Å². The van der Waals surface area contributed by atoms with Crippen molar-refractivity contribution in [2.45, 2.75) is 19.4 Å². The molecule has 5 nitrogen and oxygen atoms in total. The van der Waals surface area contributed by atoms with Crippen molar-refractivity contribution in [2.24, 2.45) is 0 Å². The zero-order chi connectivity index (χ0) is 16.9. The fraction of sp³-hybridized carbons (Fsp3) is 0.368. The molecule has 1 amide bonds. The largest absolute Gasteiger partial charge is 0.459 e. The van der Waals surface area contributed by atoms with Gasteiger partial charge in [0.25, 0.3) is 5.91 Å². The first-order chi connectivity index (χ1) is 11.7. The lowest BCUT2D eigenvalue weighted by Gasteiger charge is -2.36. The van der Waals surface area contributed by atoms with E-state index >= 15 is 0 Å². The van der Waals surface area contributed by atoms with Crippen LogP contribution in [0.4, 0.5) is 0 Å². The summed E-state index contributed by atoms with van der Waals surface area (Å²) in [6, 6.07) is 14.0. The van der Waals surface area contributed by atoms with E-state index in [1.165, 1.54) is 17.4 Å². The van der Waals surface area contributed by atoms with Crippen molar-refractivity contribution in [2.75, 3.05) is 26.2 Å². The normalized spacial score (nSPS) is 16.6. The van der Waals surface area contributed by atoms with Crippen LogP contribution in [-0.4, -0.2) is 47.9 Å². The van der Waals surface area contributed by atoms with Crippen molar-refractivity contribution in [3.05, 3.63) is 59.5 Å². The molecule has 1 aromatic heterocycles. The van der Waals surface area contributed by atoms with Crippen LogP contribution in [0, 0.1) is 18.3 Å². The fourth-order valence-corrected chi connectivity index (χ4v) is 3.00. The number of benzene rings is 1. The summed E-state index contributed by atoms with van der Waals surface area (Å²) in [6.07, 6.45) is 2.22. The molecule has 1 saturated heterocycles. The molecule has 1 atom stereocenters. The van der Waals surface area contributed by atoms with E-state index < -0.39 is 0 Å². The minimum atomic E-state index is -0.159. The molecule has 5 heteroatoms. The second kappa shape index (κ2) is 7.33. The molecule has 24 heavy (non-hydrogen) atoms. The summed E-state index contributed by atoms with van der Waals surface area (Å²) in [6.45, 7) is 4.70. The van der Waals surface area contributed by atoms with E-state index in [9.17, 15) is 10.1 Å². The maximum atomic E-state index is 12.3. The van der Waals surface area contributed by atoms with Gasteiger partial charge in [-0.3, -0.25) is 9.69 Å². The average molecular weight is 323 g/mol. The molecule has 2 aromatic rings. The van der Waals surface area contributed by atoms with Gasteiger partial charge in [0, 0.05) is 32.6 Å². The molecule has 1 fully saturated rings. The predicted molar refractivity (Wildman–Crippen MR) is 90.5 cm³/mol. The van der Waals surface area contributed by atoms with Gasteiger partial charge in [0.05, 0.1) is 12.3 Å². The average Bonchev–Trinajstić information content (AvgIpc) is 3.15. The van der Waals surface area contributed by atoms with Gasteiger partial charge in [-0.1, -0.05) is 29.8 Å². The van der Waals surface area contributed by atoms with E-state index in [4.69, 9.17) is 4.42 Å². The first kappa shape index (κ1) is 16.3. The van der Waals surface area contributed by atoms with Gasteiger partial charge in [-0.15, -0.1) is 0 Å². The molecular weight excluding hydrogens is 302 g/mol. The van der Waals surface area contributed by atoms with Crippen molar-refractivity contribution in [1.29, 1.82) is 5.26 Å². The fourth-order valence-electron chi connectivity index (χ4n) is 3.00. The SMILES string of the molecule is Cc1ccc(C[C@H](C#N)N2CCN(C(=O)c3ccco3)CC2)cc1. The molecule has 0 bridgehead atoms. The van der Waals surface area contributed by atoms with Crippen molar-refractivity contribution >= 4 is 5.91 Å². The number of nitriles is 1. The standard InChI is InChI=1S/C19H21N3O2/c1-15-4-6-16(7-5-15)13-17(14-20)21-8-10-22(11-9-21)19(23)18-3-2-12-24-18/h2-7,12,17H,8-11,13H2,1H3/t17-/m1/s1. The second-order valence-corrected chi connectivity index (χ2v) is 6.14. The Labute approximate surface area is 142 Å². The van der Waals surface area contributed by atoms with Crippen LogP contribution in [0.5, 0.6) is 0 Å². The lowest BCUT2D eigenvalue weighted by Crippen LogP contribution is -2.52. The lowest BCUT2D eigenvalue weighted by molar-refractivity contribution is 0.0576. The Kier molecular flexibility index (Phi) is 4.97. The summed E-state index contributed by atoms with van der Waals surface area (Å²) >= 11 is 0. The number of hydrogen-bond donors (Lipinski definition) is 0. The van der Waals surface area contributed by atoms with Gasteiger partial charge in [-0.05, 0) is 24.6 Å². The molecule has 0 spiro atoms. The zero-order valence-corrected chi connectivity index (χ0v) is 13.8. The highest BCUT2D eigenvalue weighted by Gasteiger charge is 2.27. The molecule has 0 unspecified atom stereocenters. The number of piperazine rings is 1. The minimum Gasteiger partial charge on any atom is -0.459 e. The summed E-state index contributed by atoms with van der Waals surface area (Å²) in [7, 11) is 0. The molecule has 0 aliphatic carbocycles. The van der Waals surface area contributed by atoms with Crippen LogP contribution in [-0.2, 0) is 6.42 Å². The Morgan fingerprint density at radius 2 is 1.92 bits per heavy atom. The molecule has 1 aliphatic rings. The Morgan fingerprint density at radius 3 is 2.50 bits per heavy atom. The minimum absolute atomic E-state index is 0.0771. The van der Waals surface area contributed by atoms with Gasteiger partial charge >= 0.3 is 0 Å². The summed E-state index contributed by atoms with van der Waals surface area (Å²) in [5, 5.41) is 9.53. The third-order valence-electron chi connectivity index (χ3n) is 4.47. The van der Waals surface area contributed by atoms with E-state index in [0.717, 1.165) is 0 Å². The first-order valence-corrected chi connectivity index (χ1v) is 8.19. The molecule has 0 N–H and O–H groups in total. The monoisotopic (exact) mass is 323 g/mol. The van der Waals surface area contributed by atoms with Crippen molar-refractivity contribution in [3.8, 4) is 6.07 Å². The van der Waals surface area contributed by atoms with Gasteiger partial charge in [0.1, 0.15) is 6.04 Å². The van der Waals surface area contributed by atoms with Crippen molar-refractivity contribution < 1.29 is 9.21 Å². The molecule has 124 valence electrons. The molecular formula is C19H21N3O2. The second-order valence-electron chi connectivity index (χ2n) is 6.14. The summed E-state index contributed by atoms with van der Waals surface area (Å²) in [5.41, 5.74) is 2.39. The van der Waals surface area contributed by atoms with E-state index in [2.05, 4.69) is 42.2 Å². The first-order valence-electron chi connectivity index (χ1n) is 8.19. The van der Waals surface area contributed by atoms with Crippen LogP contribution in [0.3, 0.4) is 0 Å².